The van der Waals surface area contributed by atoms with Gasteiger partial charge in [-0.25, -0.2) is 14.0 Å². The van der Waals surface area contributed by atoms with Crippen molar-refractivity contribution >= 4 is 11.0 Å². The van der Waals surface area contributed by atoms with Gasteiger partial charge < -0.3 is 4.74 Å². The molecule has 1 aromatic carbocycles. The molecule has 0 fully saturated rings. The molecule has 0 saturated heterocycles. The summed E-state index contributed by atoms with van der Waals surface area (Å²) in [5, 5.41) is 7.11. The lowest BCUT2D eigenvalue weighted by Crippen LogP contribution is -1.88. The van der Waals surface area contributed by atoms with Crippen molar-refractivity contribution in [3.8, 4) is 17.0 Å². The molecule has 2 heterocycles. The van der Waals surface area contributed by atoms with Crippen LogP contribution in [-0.4, -0.2) is 22.4 Å². The predicted molar refractivity (Wildman–Crippen MR) is 61.5 cm³/mol. The summed E-state index contributed by atoms with van der Waals surface area (Å²) < 4.78 is 23.2. The van der Waals surface area contributed by atoms with Gasteiger partial charge >= 0.3 is 0 Å². The van der Waals surface area contributed by atoms with Crippen LogP contribution in [0.3, 0.4) is 0 Å². The highest BCUT2D eigenvalue weighted by molar-refractivity contribution is 5.81. The summed E-state index contributed by atoms with van der Waals surface area (Å²) in [5.41, 5.74) is 1.92. The highest BCUT2D eigenvalue weighted by Crippen LogP contribution is 2.25. The largest absolute Gasteiger partial charge is 0.481 e. The number of methoxy groups -OCH3 is 1. The van der Waals surface area contributed by atoms with Crippen molar-refractivity contribution < 1.29 is 13.8 Å². The first kappa shape index (κ1) is 10.6. The maximum atomic E-state index is 13.7. The Morgan fingerprint density at radius 1 is 1.17 bits per heavy atom. The Bertz CT molecular complexity index is 694. The first-order valence-corrected chi connectivity index (χ1v) is 5.20. The van der Waals surface area contributed by atoms with Crippen molar-refractivity contribution in [2.45, 2.75) is 0 Å². The van der Waals surface area contributed by atoms with Crippen LogP contribution in [0.1, 0.15) is 0 Å². The molecular weight excluding hydrogens is 237 g/mol. The predicted octanol–water partition coefficient (Wildman–Crippen LogP) is 2.43. The van der Waals surface area contributed by atoms with Crippen molar-refractivity contribution in [1.29, 1.82) is 0 Å². The lowest BCUT2D eigenvalue weighted by molar-refractivity contribution is 0.314. The van der Waals surface area contributed by atoms with Gasteiger partial charge in [-0.3, -0.25) is 0 Å². The van der Waals surface area contributed by atoms with E-state index in [2.05, 4.69) is 19.9 Å². The van der Waals surface area contributed by atoms with Gasteiger partial charge in [-0.1, -0.05) is 0 Å². The van der Waals surface area contributed by atoms with Crippen molar-refractivity contribution in [1.82, 2.24) is 15.3 Å². The van der Waals surface area contributed by atoms with Gasteiger partial charge in [-0.2, -0.15) is 0 Å². The van der Waals surface area contributed by atoms with Crippen LogP contribution in [0.5, 0.6) is 5.88 Å². The van der Waals surface area contributed by atoms with Crippen LogP contribution in [0.4, 0.5) is 4.39 Å². The van der Waals surface area contributed by atoms with Gasteiger partial charge in [0.1, 0.15) is 5.52 Å². The number of rotatable bonds is 2. The quantitative estimate of drug-likeness (QED) is 0.693. The molecule has 18 heavy (non-hydrogen) atoms. The lowest BCUT2D eigenvalue weighted by Gasteiger charge is -2.02. The minimum absolute atomic E-state index is 0.125. The van der Waals surface area contributed by atoms with E-state index in [1.54, 1.807) is 24.4 Å². The normalized spacial score (nSPS) is 10.8. The zero-order valence-corrected chi connectivity index (χ0v) is 9.42. The fourth-order valence-corrected chi connectivity index (χ4v) is 1.69. The number of hydrogen-bond donors (Lipinski definition) is 0. The Morgan fingerprint density at radius 2 is 2.06 bits per heavy atom. The smallest absolute Gasteiger partial charge is 0.212 e. The summed E-state index contributed by atoms with van der Waals surface area (Å²) in [5.74, 6) is 0.0305. The van der Waals surface area contributed by atoms with Crippen molar-refractivity contribution in [3.05, 3.63) is 36.3 Å². The molecule has 6 heteroatoms. The highest BCUT2D eigenvalue weighted by Gasteiger charge is 2.10. The van der Waals surface area contributed by atoms with Crippen LogP contribution < -0.4 is 4.74 Å². The second-order valence-electron chi connectivity index (χ2n) is 3.68. The number of fused-ring (bicyclic) bond motifs is 1. The molecule has 0 bridgehead atoms. The summed E-state index contributed by atoms with van der Waals surface area (Å²) >= 11 is 0. The minimum atomic E-state index is -0.473. The fourth-order valence-electron chi connectivity index (χ4n) is 1.69. The molecule has 0 aliphatic rings. The van der Waals surface area contributed by atoms with Gasteiger partial charge in [-0.05, 0) is 34.1 Å². The third-order valence-corrected chi connectivity index (χ3v) is 2.59. The van der Waals surface area contributed by atoms with E-state index in [0.717, 1.165) is 5.56 Å². The monoisotopic (exact) mass is 245 g/mol. The Hall–Kier alpha value is -2.50. The van der Waals surface area contributed by atoms with E-state index in [0.29, 0.717) is 17.0 Å². The van der Waals surface area contributed by atoms with E-state index in [9.17, 15) is 4.39 Å². The summed E-state index contributed by atoms with van der Waals surface area (Å²) in [6.45, 7) is 0. The number of nitrogens with zero attached hydrogens (tertiary/aromatic N) is 3. The number of ether oxygens (including phenoxy) is 1. The lowest BCUT2D eigenvalue weighted by atomic mass is 10.1. The van der Waals surface area contributed by atoms with Crippen LogP contribution in [-0.2, 0) is 0 Å². The van der Waals surface area contributed by atoms with E-state index < -0.39 is 5.82 Å². The van der Waals surface area contributed by atoms with Crippen molar-refractivity contribution in [3.63, 3.8) is 0 Å². The fraction of sp³-hybridized carbons (Fsp3) is 0.0833. The summed E-state index contributed by atoms with van der Waals surface area (Å²) in [6, 6.07) is 6.56. The van der Waals surface area contributed by atoms with E-state index in [4.69, 9.17) is 4.74 Å². The molecule has 3 aromatic rings. The molecule has 0 amide bonds. The molecule has 90 valence electrons. The summed E-state index contributed by atoms with van der Waals surface area (Å²) in [6.07, 6.45) is 1.60. The van der Waals surface area contributed by atoms with Gasteiger partial charge in [0.25, 0.3) is 0 Å². The van der Waals surface area contributed by atoms with Crippen molar-refractivity contribution in [2.75, 3.05) is 7.11 Å². The number of aromatic nitrogens is 3. The Kier molecular flexibility index (Phi) is 2.40. The summed E-state index contributed by atoms with van der Waals surface area (Å²) in [4.78, 5) is 4.07. The molecule has 0 aliphatic heterocycles. The SMILES string of the molecule is COc1ccc(-c2cc(F)c3nonc3c2)cn1. The molecule has 2 aromatic heterocycles. The first-order valence-electron chi connectivity index (χ1n) is 5.20. The van der Waals surface area contributed by atoms with Gasteiger partial charge in [0.15, 0.2) is 11.3 Å². The molecule has 0 unspecified atom stereocenters. The van der Waals surface area contributed by atoms with Gasteiger partial charge in [-0.15, -0.1) is 0 Å². The second kappa shape index (κ2) is 4.06. The number of pyridine rings is 1. The van der Waals surface area contributed by atoms with E-state index in [1.807, 2.05) is 0 Å². The highest BCUT2D eigenvalue weighted by atomic mass is 19.1. The summed E-state index contributed by atoms with van der Waals surface area (Å²) in [7, 11) is 1.54. The van der Waals surface area contributed by atoms with Crippen LogP contribution in [0.15, 0.2) is 35.1 Å². The molecule has 0 aliphatic carbocycles. The van der Waals surface area contributed by atoms with E-state index in [-0.39, 0.29) is 5.52 Å². The van der Waals surface area contributed by atoms with Gasteiger partial charge in [0.2, 0.25) is 5.88 Å². The Morgan fingerprint density at radius 3 is 2.78 bits per heavy atom. The zero-order chi connectivity index (χ0) is 12.5. The van der Waals surface area contributed by atoms with Gasteiger partial charge in [0, 0.05) is 17.8 Å². The third-order valence-electron chi connectivity index (χ3n) is 2.59. The zero-order valence-electron chi connectivity index (χ0n) is 9.42. The minimum Gasteiger partial charge on any atom is -0.481 e. The molecule has 0 radical (unpaired) electrons. The number of hydrogen-bond acceptors (Lipinski definition) is 5. The average Bonchev–Trinajstić information content (AvgIpc) is 2.88. The van der Waals surface area contributed by atoms with Crippen LogP contribution in [0.2, 0.25) is 0 Å². The van der Waals surface area contributed by atoms with Crippen LogP contribution in [0.25, 0.3) is 22.2 Å². The molecule has 5 nitrogen and oxygen atoms in total. The van der Waals surface area contributed by atoms with E-state index in [1.165, 1.54) is 13.2 Å². The van der Waals surface area contributed by atoms with Gasteiger partial charge in [0.05, 0.1) is 7.11 Å². The molecule has 0 spiro atoms. The van der Waals surface area contributed by atoms with Crippen LogP contribution >= 0.6 is 0 Å². The van der Waals surface area contributed by atoms with E-state index >= 15 is 0 Å². The molecule has 0 N–H and O–H groups in total. The maximum Gasteiger partial charge on any atom is 0.212 e. The van der Waals surface area contributed by atoms with Crippen LogP contribution in [0, 0.1) is 5.82 Å². The van der Waals surface area contributed by atoms with Crippen molar-refractivity contribution in [2.24, 2.45) is 0 Å². The standard InChI is InChI=1S/C12H8FN3O2/c1-17-11-3-2-7(6-14-11)8-4-9(13)12-10(5-8)15-18-16-12/h2-6H,1H3. The average molecular weight is 245 g/mol. The molecule has 3 rings (SSSR count). The second-order valence-corrected chi connectivity index (χ2v) is 3.68. The third kappa shape index (κ3) is 1.67. The number of halogens is 1. The Balaban J connectivity index is 2.12. The topological polar surface area (TPSA) is 61.0 Å². The molecule has 0 atom stereocenters. The Labute approximate surface area is 101 Å². The maximum absolute atomic E-state index is 13.7. The molecule has 0 saturated carbocycles. The number of benzene rings is 1. The first-order chi connectivity index (χ1) is 8.78. The molecular formula is C12H8FN3O2.